The van der Waals surface area contributed by atoms with Crippen LogP contribution in [0.5, 0.6) is 0 Å². The number of anilines is 1. The Morgan fingerprint density at radius 3 is 2.79 bits per heavy atom. The van der Waals surface area contributed by atoms with E-state index >= 15 is 0 Å². The van der Waals surface area contributed by atoms with Crippen LogP contribution in [-0.4, -0.2) is 17.4 Å². The lowest BCUT2D eigenvalue weighted by Crippen LogP contribution is -2.32. The summed E-state index contributed by atoms with van der Waals surface area (Å²) >= 11 is 5.92. The molecule has 3 nitrogen and oxygen atoms in total. The minimum Gasteiger partial charge on any atom is -0.311 e. The Hall–Kier alpha value is -1.87. The number of hydrogen-bond acceptors (Lipinski definition) is 2. The molecule has 0 aliphatic rings. The Morgan fingerprint density at radius 2 is 2.16 bits per heavy atom. The quantitative estimate of drug-likeness (QED) is 0.857. The minimum atomic E-state index is 0.0396. The Kier molecular flexibility index (Phi) is 4.53. The topological polar surface area (TPSA) is 33.2 Å². The molecule has 0 aliphatic heterocycles. The molecule has 1 amide bonds. The van der Waals surface area contributed by atoms with E-state index in [1.54, 1.807) is 23.4 Å². The third-order valence-corrected chi connectivity index (χ3v) is 3.05. The third kappa shape index (κ3) is 3.55. The number of carbonyl (C=O) groups excluding carboxylic acids is 1. The van der Waals surface area contributed by atoms with E-state index in [0.29, 0.717) is 18.0 Å². The fourth-order valence-electron chi connectivity index (χ4n) is 1.93. The number of nitrogens with zero attached hydrogens (tertiary/aromatic N) is 2. The van der Waals surface area contributed by atoms with Gasteiger partial charge in [0, 0.05) is 17.8 Å². The van der Waals surface area contributed by atoms with Crippen LogP contribution in [0, 0.1) is 0 Å². The van der Waals surface area contributed by atoms with Crippen LogP contribution in [0.3, 0.4) is 0 Å². The first-order chi connectivity index (χ1) is 9.20. The van der Waals surface area contributed by atoms with E-state index < -0.39 is 0 Å². The molecule has 0 spiro atoms. The van der Waals surface area contributed by atoms with Crippen molar-refractivity contribution >= 4 is 23.2 Å². The van der Waals surface area contributed by atoms with Crippen LogP contribution in [0.4, 0.5) is 5.69 Å². The van der Waals surface area contributed by atoms with Crippen molar-refractivity contribution in [3.63, 3.8) is 0 Å². The highest BCUT2D eigenvalue weighted by molar-refractivity contribution is 6.30. The second kappa shape index (κ2) is 6.34. The molecule has 0 N–H and O–H groups in total. The second-order valence-corrected chi connectivity index (χ2v) is 4.59. The molecule has 0 unspecified atom stereocenters. The largest absolute Gasteiger partial charge is 0.311 e. The van der Waals surface area contributed by atoms with Crippen molar-refractivity contribution in [2.45, 2.75) is 13.3 Å². The highest BCUT2D eigenvalue weighted by Crippen LogP contribution is 2.15. The predicted octanol–water partition coefficient (Wildman–Crippen LogP) is 3.33. The van der Waals surface area contributed by atoms with Gasteiger partial charge in [0.05, 0.1) is 18.3 Å². The Morgan fingerprint density at radius 1 is 1.32 bits per heavy atom. The molecule has 0 fully saturated rings. The molecule has 0 atom stereocenters. The molecule has 4 heteroatoms. The maximum Gasteiger partial charge on any atom is 0.231 e. The summed E-state index contributed by atoms with van der Waals surface area (Å²) in [7, 11) is 0. The van der Waals surface area contributed by atoms with Gasteiger partial charge in [0.2, 0.25) is 5.91 Å². The van der Waals surface area contributed by atoms with Gasteiger partial charge in [-0.05, 0) is 36.8 Å². The summed E-state index contributed by atoms with van der Waals surface area (Å²) in [5, 5.41) is 0.648. The lowest BCUT2D eigenvalue weighted by atomic mass is 10.1. The van der Waals surface area contributed by atoms with Gasteiger partial charge in [-0.15, -0.1) is 0 Å². The first kappa shape index (κ1) is 13.6. The summed E-state index contributed by atoms with van der Waals surface area (Å²) in [5.41, 5.74) is 1.73. The van der Waals surface area contributed by atoms with Gasteiger partial charge >= 0.3 is 0 Å². The number of aromatic nitrogens is 1. The van der Waals surface area contributed by atoms with E-state index in [1.807, 2.05) is 37.3 Å². The highest BCUT2D eigenvalue weighted by Gasteiger charge is 2.14. The van der Waals surface area contributed by atoms with Crippen LogP contribution < -0.4 is 4.90 Å². The summed E-state index contributed by atoms with van der Waals surface area (Å²) in [6.07, 6.45) is 3.72. The van der Waals surface area contributed by atoms with Gasteiger partial charge in [0.1, 0.15) is 0 Å². The average Bonchev–Trinajstić information content (AvgIpc) is 2.41. The molecule has 98 valence electrons. The smallest absolute Gasteiger partial charge is 0.231 e. The Bertz CT molecular complexity index is 557. The number of benzene rings is 1. The molecule has 2 aromatic rings. The van der Waals surface area contributed by atoms with Crippen LogP contribution in [0.2, 0.25) is 5.02 Å². The van der Waals surface area contributed by atoms with E-state index in [2.05, 4.69) is 4.98 Å². The molecule has 1 heterocycles. The van der Waals surface area contributed by atoms with Gasteiger partial charge in [-0.1, -0.05) is 23.7 Å². The number of halogens is 1. The molecular weight excluding hydrogens is 260 g/mol. The summed E-state index contributed by atoms with van der Waals surface area (Å²) in [5.74, 6) is 0.0396. The lowest BCUT2D eigenvalue weighted by Gasteiger charge is -2.20. The lowest BCUT2D eigenvalue weighted by molar-refractivity contribution is -0.117. The zero-order valence-corrected chi connectivity index (χ0v) is 11.5. The van der Waals surface area contributed by atoms with Crippen LogP contribution in [0.25, 0.3) is 0 Å². The predicted molar refractivity (Wildman–Crippen MR) is 77.4 cm³/mol. The fourth-order valence-corrected chi connectivity index (χ4v) is 2.15. The fraction of sp³-hybridized carbons (Fsp3) is 0.200. The Balaban J connectivity index is 2.14. The van der Waals surface area contributed by atoms with Crippen molar-refractivity contribution in [2.24, 2.45) is 0 Å². The Labute approximate surface area is 117 Å². The SMILES string of the molecule is CCN(C(=O)Cc1cccc(Cl)c1)c1cccnc1. The van der Waals surface area contributed by atoms with E-state index in [0.717, 1.165) is 11.3 Å². The zero-order valence-electron chi connectivity index (χ0n) is 10.7. The summed E-state index contributed by atoms with van der Waals surface area (Å²) in [6.45, 7) is 2.56. The van der Waals surface area contributed by atoms with E-state index in [-0.39, 0.29) is 5.91 Å². The first-order valence-electron chi connectivity index (χ1n) is 6.15. The van der Waals surface area contributed by atoms with Crippen molar-refractivity contribution in [2.75, 3.05) is 11.4 Å². The summed E-state index contributed by atoms with van der Waals surface area (Å²) in [6, 6.07) is 11.1. The molecule has 1 aromatic heterocycles. The average molecular weight is 275 g/mol. The molecule has 1 aromatic carbocycles. The van der Waals surface area contributed by atoms with Crippen molar-refractivity contribution in [1.82, 2.24) is 4.98 Å². The van der Waals surface area contributed by atoms with Gasteiger partial charge in [0.25, 0.3) is 0 Å². The molecule has 0 saturated heterocycles. The number of rotatable bonds is 4. The minimum absolute atomic E-state index is 0.0396. The third-order valence-electron chi connectivity index (χ3n) is 2.82. The van der Waals surface area contributed by atoms with Gasteiger partial charge in [-0.3, -0.25) is 9.78 Å². The molecule has 0 saturated carbocycles. The van der Waals surface area contributed by atoms with Crippen molar-refractivity contribution < 1.29 is 4.79 Å². The second-order valence-electron chi connectivity index (χ2n) is 4.16. The summed E-state index contributed by atoms with van der Waals surface area (Å²) in [4.78, 5) is 18.1. The number of hydrogen-bond donors (Lipinski definition) is 0. The molecule has 0 bridgehead atoms. The monoisotopic (exact) mass is 274 g/mol. The maximum absolute atomic E-state index is 12.3. The van der Waals surface area contributed by atoms with Crippen LogP contribution in [0.1, 0.15) is 12.5 Å². The maximum atomic E-state index is 12.3. The van der Waals surface area contributed by atoms with Crippen molar-refractivity contribution in [3.8, 4) is 0 Å². The molecule has 2 rings (SSSR count). The van der Waals surface area contributed by atoms with E-state index in [1.165, 1.54) is 0 Å². The molecular formula is C15H15ClN2O. The first-order valence-corrected chi connectivity index (χ1v) is 6.53. The van der Waals surface area contributed by atoms with Crippen LogP contribution in [0.15, 0.2) is 48.8 Å². The van der Waals surface area contributed by atoms with Gasteiger partial charge in [0.15, 0.2) is 0 Å². The summed E-state index contributed by atoms with van der Waals surface area (Å²) < 4.78 is 0. The molecule has 0 aliphatic carbocycles. The van der Waals surface area contributed by atoms with Crippen molar-refractivity contribution in [3.05, 3.63) is 59.4 Å². The van der Waals surface area contributed by atoms with Crippen LogP contribution >= 0.6 is 11.6 Å². The van der Waals surface area contributed by atoms with Crippen molar-refractivity contribution in [1.29, 1.82) is 0 Å². The zero-order chi connectivity index (χ0) is 13.7. The van der Waals surface area contributed by atoms with Gasteiger partial charge < -0.3 is 4.90 Å². The number of pyridine rings is 1. The highest BCUT2D eigenvalue weighted by atomic mass is 35.5. The standard InChI is InChI=1S/C15H15ClN2O/c1-2-18(14-7-4-8-17-11-14)15(19)10-12-5-3-6-13(16)9-12/h3-9,11H,2,10H2,1H3. The normalized spacial score (nSPS) is 10.2. The van der Waals surface area contributed by atoms with Gasteiger partial charge in [-0.2, -0.15) is 0 Å². The number of amides is 1. The van der Waals surface area contributed by atoms with Crippen LogP contribution in [-0.2, 0) is 11.2 Å². The number of carbonyl (C=O) groups is 1. The number of likely N-dealkylation sites (N-methyl/N-ethyl adjacent to an activating group) is 1. The van der Waals surface area contributed by atoms with Gasteiger partial charge in [-0.25, -0.2) is 0 Å². The molecule has 19 heavy (non-hydrogen) atoms. The van der Waals surface area contributed by atoms with E-state index in [4.69, 9.17) is 11.6 Å². The van der Waals surface area contributed by atoms with E-state index in [9.17, 15) is 4.79 Å². The molecule has 0 radical (unpaired) electrons.